The van der Waals surface area contributed by atoms with Crippen LogP contribution in [0.25, 0.3) is 0 Å². The van der Waals surface area contributed by atoms with Gasteiger partial charge in [0.05, 0.1) is 18.1 Å². The Bertz CT molecular complexity index is 480. The summed E-state index contributed by atoms with van der Waals surface area (Å²) in [7, 11) is 0. The number of nitrogens with two attached hydrogens (primary N) is 1. The molecule has 1 amide bonds. The van der Waals surface area contributed by atoms with Crippen molar-refractivity contribution in [2.75, 3.05) is 26.2 Å². The fraction of sp³-hybridized carbons (Fsp3) is 0.333. The number of hydrogen-bond acceptors (Lipinski definition) is 4. The van der Waals surface area contributed by atoms with E-state index in [1.807, 2.05) is 0 Å². The van der Waals surface area contributed by atoms with Gasteiger partial charge in [0.25, 0.3) is 0 Å². The largest absolute Gasteiger partial charge is 0.491 e. The molecule has 0 spiro atoms. The summed E-state index contributed by atoms with van der Waals surface area (Å²) < 4.78 is 5.41. The van der Waals surface area contributed by atoms with Crippen LogP contribution in [0.4, 0.5) is 0 Å². The van der Waals surface area contributed by atoms with Crippen LogP contribution in [0.2, 0.25) is 10.0 Å². The van der Waals surface area contributed by atoms with Gasteiger partial charge < -0.3 is 15.6 Å². The van der Waals surface area contributed by atoms with Crippen LogP contribution in [0.1, 0.15) is 0 Å². The number of rotatable bonds is 8. The highest BCUT2D eigenvalue weighted by Gasteiger charge is 2.12. The Kier molecular flexibility index (Phi) is 6.57. The fourth-order valence-corrected chi connectivity index (χ4v) is 1.97. The summed E-state index contributed by atoms with van der Waals surface area (Å²) in [5, 5.41) is 9.57. The Balaban J connectivity index is 2.50. The zero-order valence-electron chi connectivity index (χ0n) is 10.5. The van der Waals surface area contributed by atoms with E-state index in [1.165, 1.54) is 11.0 Å². The normalized spacial score (nSPS) is 10.6. The molecule has 0 bridgehead atoms. The lowest BCUT2D eigenvalue weighted by Crippen LogP contribution is -2.39. The SMILES string of the molecule is NC(=O)CN(CCOc1ccc(Cl)cc1Cl)CC(=O)O. The molecule has 0 aliphatic carbocycles. The Labute approximate surface area is 126 Å². The highest BCUT2D eigenvalue weighted by molar-refractivity contribution is 6.35. The van der Waals surface area contributed by atoms with Crippen molar-refractivity contribution in [1.82, 2.24) is 4.90 Å². The molecule has 0 unspecified atom stereocenters. The number of carboxylic acid groups (broad SMARTS) is 1. The molecule has 1 rings (SSSR count). The Hall–Kier alpha value is -1.50. The first-order valence-corrected chi connectivity index (χ1v) is 6.44. The zero-order valence-corrected chi connectivity index (χ0v) is 12.0. The second-order valence-corrected chi connectivity index (χ2v) is 4.84. The Morgan fingerprint density at radius 1 is 1.30 bits per heavy atom. The molecular weight excluding hydrogens is 307 g/mol. The smallest absolute Gasteiger partial charge is 0.317 e. The van der Waals surface area contributed by atoms with Crippen LogP contribution >= 0.6 is 23.2 Å². The van der Waals surface area contributed by atoms with Gasteiger partial charge in [-0.15, -0.1) is 0 Å². The zero-order chi connectivity index (χ0) is 15.1. The maximum absolute atomic E-state index is 10.8. The van der Waals surface area contributed by atoms with Gasteiger partial charge in [0, 0.05) is 11.6 Å². The number of carbonyl (C=O) groups excluding carboxylic acids is 1. The Morgan fingerprint density at radius 3 is 2.55 bits per heavy atom. The van der Waals surface area contributed by atoms with Crippen molar-refractivity contribution in [2.24, 2.45) is 5.73 Å². The molecule has 0 saturated carbocycles. The number of primary amides is 1. The lowest BCUT2D eigenvalue weighted by Gasteiger charge is -2.18. The van der Waals surface area contributed by atoms with Crippen molar-refractivity contribution in [3.05, 3.63) is 28.2 Å². The van der Waals surface area contributed by atoms with Crippen molar-refractivity contribution in [3.8, 4) is 5.75 Å². The second kappa shape index (κ2) is 7.94. The fourth-order valence-electron chi connectivity index (χ4n) is 1.50. The summed E-state index contributed by atoms with van der Waals surface area (Å²) in [5.74, 6) is -1.21. The van der Waals surface area contributed by atoms with Gasteiger partial charge in [-0.05, 0) is 18.2 Å². The maximum Gasteiger partial charge on any atom is 0.317 e. The molecule has 6 nitrogen and oxygen atoms in total. The van der Waals surface area contributed by atoms with Gasteiger partial charge in [-0.3, -0.25) is 14.5 Å². The summed E-state index contributed by atoms with van der Waals surface area (Å²) in [6, 6.07) is 4.78. The Morgan fingerprint density at radius 2 is 2.00 bits per heavy atom. The molecule has 8 heteroatoms. The lowest BCUT2D eigenvalue weighted by molar-refractivity contribution is -0.138. The first kappa shape index (κ1) is 16.6. The van der Waals surface area contributed by atoms with Crippen molar-refractivity contribution in [2.45, 2.75) is 0 Å². The summed E-state index contributed by atoms with van der Waals surface area (Å²) in [5.41, 5.74) is 5.04. The van der Waals surface area contributed by atoms with E-state index < -0.39 is 11.9 Å². The third-order valence-corrected chi connectivity index (χ3v) is 2.83. The van der Waals surface area contributed by atoms with Gasteiger partial charge in [0.15, 0.2) is 0 Å². The van der Waals surface area contributed by atoms with Crippen LogP contribution in [-0.2, 0) is 9.59 Å². The van der Waals surface area contributed by atoms with E-state index in [4.69, 9.17) is 38.8 Å². The molecule has 1 aromatic rings. The van der Waals surface area contributed by atoms with Crippen LogP contribution in [-0.4, -0.2) is 48.1 Å². The third-order valence-electron chi connectivity index (χ3n) is 2.30. The highest BCUT2D eigenvalue weighted by Crippen LogP contribution is 2.27. The van der Waals surface area contributed by atoms with Gasteiger partial charge in [-0.2, -0.15) is 0 Å². The summed E-state index contributed by atoms with van der Waals surface area (Å²) in [6.07, 6.45) is 0. The first-order chi connectivity index (χ1) is 9.38. The van der Waals surface area contributed by atoms with Crippen molar-refractivity contribution in [3.63, 3.8) is 0 Å². The topological polar surface area (TPSA) is 92.9 Å². The van der Waals surface area contributed by atoms with E-state index in [0.717, 1.165) is 0 Å². The van der Waals surface area contributed by atoms with Crippen molar-refractivity contribution in [1.29, 1.82) is 0 Å². The summed E-state index contributed by atoms with van der Waals surface area (Å²) >= 11 is 11.7. The van der Waals surface area contributed by atoms with E-state index in [9.17, 15) is 9.59 Å². The highest BCUT2D eigenvalue weighted by atomic mass is 35.5. The molecule has 20 heavy (non-hydrogen) atoms. The minimum Gasteiger partial charge on any atom is -0.491 e. The maximum atomic E-state index is 10.8. The van der Waals surface area contributed by atoms with Gasteiger partial charge in [-0.1, -0.05) is 23.2 Å². The van der Waals surface area contributed by atoms with Crippen LogP contribution in [0, 0.1) is 0 Å². The molecule has 0 aliphatic heterocycles. The summed E-state index contributed by atoms with van der Waals surface area (Å²) in [4.78, 5) is 22.8. The van der Waals surface area contributed by atoms with Crippen LogP contribution in [0.3, 0.4) is 0 Å². The number of hydrogen-bond donors (Lipinski definition) is 2. The number of ether oxygens (including phenoxy) is 1. The number of carboxylic acids is 1. The predicted octanol–water partition coefficient (Wildman–Crippen LogP) is 1.24. The first-order valence-electron chi connectivity index (χ1n) is 5.69. The van der Waals surface area contributed by atoms with Crippen LogP contribution < -0.4 is 10.5 Å². The third kappa shape index (κ3) is 6.10. The molecule has 1 aromatic carbocycles. The van der Waals surface area contributed by atoms with E-state index in [1.54, 1.807) is 12.1 Å². The standard InChI is InChI=1S/C12H14Cl2N2O4/c13-8-1-2-10(9(14)5-8)20-4-3-16(6-11(15)17)7-12(18)19/h1-2,5H,3-4,6-7H2,(H2,15,17)(H,18,19). The van der Waals surface area contributed by atoms with Crippen LogP contribution in [0.5, 0.6) is 5.75 Å². The van der Waals surface area contributed by atoms with E-state index in [2.05, 4.69) is 0 Å². The van der Waals surface area contributed by atoms with E-state index >= 15 is 0 Å². The molecule has 0 radical (unpaired) electrons. The monoisotopic (exact) mass is 320 g/mol. The quantitative estimate of drug-likeness (QED) is 0.751. The molecule has 0 aliphatic rings. The minimum atomic E-state index is -1.05. The van der Waals surface area contributed by atoms with Gasteiger partial charge in [0.1, 0.15) is 12.4 Å². The van der Waals surface area contributed by atoms with E-state index in [-0.39, 0.29) is 26.2 Å². The van der Waals surface area contributed by atoms with Crippen molar-refractivity contribution < 1.29 is 19.4 Å². The van der Waals surface area contributed by atoms with Gasteiger partial charge >= 0.3 is 5.97 Å². The number of carbonyl (C=O) groups is 2. The van der Waals surface area contributed by atoms with Gasteiger partial charge in [-0.25, -0.2) is 0 Å². The van der Waals surface area contributed by atoms with Gasteiger partial charge in [0.2, 0.25) is 5.91 Å². The lowest BCUT2D eigenvalue weighted by atomic mass is 10.3. The van der Waals surface area contributed by atoms with Crippen molar-refractivity contribution >= 4 is 35.1 Å². The predicted molar refractivity (Wildman–Crippen MR) is 75.2 cm³/mol. The number of benzene rings is 1. The van der Waals surface area contributed by atoms with E-state index in [0.29, 0.717) is 15.8 Å². The molecule has 0 atom stereocenters. The molecular formula is C12H14Cl2N2O4. The molecule has 110 valence electrons. The minimum absolute atomic E-state index is 0.149. The van der Waals surface area contributed by atoms with Crippen LogP contribution in [0.15, 0.2) is 18.2 Å². The average molecular weight is 321 g/mol. The molecule has 0 aromatic heterocycles. The number of nitrogens with zero attached hydrogens (tertiary/aromatic N) is 1. The molecule has 0 heterocycles. The number of aliphatic carboxylic acids is 1. The molecule has 0 fully saturated rings. The molecule has 0 saturated heterocycles. The number of halogens is 2. The molecule has 3 N–H and O–H groups in total. The average Bonchev–Trinajstić information content (AvgIpc) is 2.30. The number of amides is 1. The second-order valence-electron chi connectivity index (χ2n) is 3.99. The summed E-state index contributed by atoms with van der Waals surface area (Å²) in [6.45, 7) is -0.0409.